The van der Waals surface area contributed by atoms with Crippen LogP contribution in [-0.4, -0.2) is 47.9 Å². The molecule has 0 aliphatic carbocycles. The molecule has 2 aromatic rings. The summed E-state index contributed by atoms with van der Waals surface area (Å²) < 4.78 is 13.5. The summed E-state index contributed by atoms with van der Waals surface area (Å²) in [5.41, 5.74) is 2.13. The van der Waals surface area contributed by atoms with Crippen LogP contribution in [0.2, 0.25) is 0 Å². The molecule has 0 radical (unpaired) electrons. The molecular weight excluding hydrogens is 383 g/mol. The number of rotatable bonds is 7. The number of benzene rings is 2. The van der Waals surface area contributed by atoms with Gasteiger partial charge in [0.05, 0.1) is 37.8 Å². The van der Waals surface area contributed by atoms with E-state index in [1.807, 2.05) is 19.1 Å². The first-order valence-corrected chi connectivity index (χ1v) is 10.3. The highest BCUT2D eigenvalue weighted by molar-refractivity contribution is 6.46. The van der Waals surface area contributed by atoms with Crippen molar-refractivity contribution in [2.24, 2.45) is 0 Å². The molecule has 1 aliphatic heterocycles. The van der Waals surface area contributed by atoms with E-state index in [-0.39, 0.29) is 11.3 Å². The highest BCUT2D eigenvalue weighted by Crippen LogP contribution is 2.39. The molecule has 0 saturated carbocycles. The van der Waals surface area contributed by atoms with Crippen molar-refractivity contribution in [3.63, 3.8) is 0 Å². The van der Waals surface area contributed by atoms with Gasteiger partial charge in [-0.1, -0.05) is 42.0 Å². The standard InChI is InChI=1S/C24H27FN2O3/c1-4-26(5-2)14-15-27-21(17-10-12-19(25)13-11-17)20(23(29)24(27)30)22(28)18-8-6-16(3)7-9-18/h6-13,21,28H,4-5,14-15H2,1-3H3/p+1/t21-/m1/s1. The SMILES string of the molecule is CC[NH+](CC)CCN1C(=O)C(=O)C(=C(O)c2ccc(C)cc2)[C@H]1c1ccc(F)cc1. The molecule has 1 atom stereocenters. The number of ketones is 1. The van der Waals surface area contributed by atoms with Gasteiger partial charge in [0.1, 0.15) is 11.6 Å². The number of hydrogen-bond acceptors (Lipinski definition) is 3. The largest absolute Gasteiger partial charge is 0.507 e. The van der Waals surface area contributed by atoms with Gasteiger partial charge in [-0.25, -0.2) is 4.39 Å². The van der Waals surface area contributed by atoms with Gasteiger partial charge < -0.3 is 14.9 Å². The molecule has 2 N–H and O–H groups in total. The zero-order valence-corrected chi connectivity index (χ0v) is 17.6. The molecular formula is C24H28FN2O3+. The third-order valence-corrected chi connectivity index (χ3v) is 5.76. The van der Waals surface area contributed by atoms with Crippen molar-refractivity contribution >= 4 is 17.4 Å². The Morgan fingerprint density at radius 3 is 2.20 bits per heavy atom. The van der Waals surface area contributed by atoms with Gasteiger partial charge in [0.25, 0.3) is 11.7 Å². The van der Waals surface area contributed by atoms with Gasteiger partial charge in [-0.2, -0.15) is 0 Å². The summed E-state index contributed by atoms with van der Waals surface area (Å²) in [7, 11) is 0. The van der Waals surface area contributed by atoms with Gasteiger partial charge >= 0.3 is 0 Å². The summed E-state index contributed by atoms with van der Waals surface area (Å²) in [6, 6.07) is 12.1. The van der Waals surface area contributed by atoms with Crippen LogP contribution in [-0.2, 0) is 9.59 Å². The van der Waals surface area contributed by atoms with Crippen LogP contribution in [0.25, 0.3) is 5.76 Å². The van der Waals surface area contributed by atoms with E-state index in [9.17, 15) is 19.1 Å². The number of carbonyl (C=O) groups excluding carboxylic acids is 2. The summed E-state index contributed by atoms with van der Waals surface area (Å²) in [6.45, 7) is 8.94. The highest BCUT2D eigenvalue weighted by Gasteiger charge is 2.46. The van der Waals surface area contributed by atoms with E-state index in [0.717, 1.165) is 18.7 Å². The number of nitrogens with zero attached hydrogens (tertiary/aromatic N) is 1. The van der Waals surface area contributed by atoms with Crippen LogP contribution in [0.15, 0.2) is 54.1 Å². The number of carbonyl (C=O) groups is 2. The fourth-order valence-corrected chi connectivity index (χ4v) is 3.85. The molecule has 1 amide bonds. The van der Waals surface area contributed by atoms with Gasteiger partial charge in [0.2, 0.25) is 0 Å². The maximum absolute atomic E-state index is 13.5. The molecule has 1 saturated heterocycles. The van der Waals surface area contributed by atoms with Crippen LogP contribution in [0.4, 0.5) is 4.39 Å². The maximum atomic E-state index is 13.5. The van der Waals surface area contributed by atoms with Crippen LogP contribution >= 0.6 is 0 Å². The van der Waals surface area contributed by atoms with Gasteiger partial charge in [-0.3, -0.25) is 9.59 Å². The second kappa shape index (κ2) is 9.22. The predicted octanol–water partition coefficient (Wildman–Crippen LogP) is 2.48. The zero-order chi connectivity index (χ0) is 21.8. The number of halogens is 1. The van der Waals surface area contributed by atoms with E-state index in [4.69, 9.17) is 0 Å². The number of nitrogens with one attached hydrogen (secondary N) is 1. The first-order chi connectivity index (χ1) is 14.4. The summed E-state index contributed by atoms with van der Waals surface area (Å²) in [4.78, 5) is 28.6. The second-order valence-electron chi connectivity index (χ2n) is 7.62. The first kappa shape index (κ1) is 21.7. The van der Waals surface area contributed by atoms with Crippen LogP contribution in [0.5, 0.6) is 0 Å². The second-order valence-corrected chi connectivity index (χ2v) is 7.62. The Labute approximate surface area is 176 Å². The fraction of sp³-hybridized carbons (Fsp3) is 0.333. The summed E-state index contributed by atoms with van der Waals surface area (Å²) >= 11 is 0. The molecule has 2 aromatic carbocycles. The third-order valence-electron chi connectivity index (χ3n) is 5.76. The van der Waals surface area contributed by atoms with Gasteiger partial charge in [-0.05, 0) is 38.5 Å². The summed E-state index contributed by atoms with van der Waals surface area (Å²) in [5, 5.41) is 11.0. The minimum atomic E-state index is -0.748. The number of likely N-dealkylation sites (N-methyl/N-ethyl adjacent to an activating group) is 1. The van der Waals surface area contributed by atoms with Gasteiger partial charge in [0, 0.05) is 5.56 Å². The average Bonchev–Trinajstić information content (AvgIpc) is 3.00. The monoisotopic (exact) mass is 411 g/mol. The molecule has 158 valence electrons. The smallest absolute Gasteiger partial charge is 0.295 e. The quantitative estimate of drug-likeness (QED) is 0.418. The molecule has 0 aromatic heterocycles. The van der Waals surface area contributed by atoms with Gasteiger partial charge in [-0.15, -0.1) is 0 Å². The average molecular weight is 411 g/mol. The fourth-order valence-electron chi connectivity index (χ4n) is 3.85. The van der Waals surface area contributed by atoms with Gasteiger partial charge in [0.15, 0.2) is 0 Å². The lowest BCUT2D eigenvalue weighted by Crippen LogP contribution is -3.12. The molecule has 6 heteroatoms. The molecule has 0 spiro atoms. The molecule has 30 heavy (non-hydrogen) atoms. The van der Waals surface area contributed by atoms with Crippen LogP contribution in [0, 0.1) is 12.7 Å². The molecule has 3 rings (SSSR count). The Bertz CT molecular complexity index is 947. The first-order valence-electron chi connectivity index (χ1n) is 10.3. The van der Waals surface area contributed by atoms with E-state index in [2.05, 4.69) is 13.8 Å². The van der Waals surface area contributed by atoms with Crippen molar-refractivity contribution in [2.75, 3.05) is 26.2 Å². The lowest BCUT2D eigenvalue weighted by molar-refractivity contribution is -0.895. The minimum absolute atomic E-state index is 0.0463. The number of amides is 1. The van der Waals surface area contributed by atoms with E-state index in [1.54, 1.807) is 24.3 Å². The van der Waals surface area contributed by atoms with Crippen molar-refractivity contribution in [3.05, 3.63) is 76.6 Å². The Hall–Kier alpha value is -2.99. The minimum Gasteiger partial charge on any atom is -0.507 e. The van der Waals surface area contributed by atoms with Crippen molar-refractivity contribution in [1.82, 2.24) is 4.90 Å². The Morgan fingerprint density at radius 2 is 1.63 bits per heavy atom. The number of aryl methyl sites for hydroxylation is 1. The van der Waals surface area contributed by atoms with E-state index in [0.29, 0.717) is 24.2 Å². The molecule has 1 heterocycles. The Kier molecular flexibility index (Phi) is 6.67. The van der Waals surface area contributed by atoms with E-state index in [1.165, 1.54) is 21.9 Å². The van der Waals surface area contributed by atoms with Crippen LogP contribution in [0.1, 0.15) is 36.6 Å². The number of Topliss-reactive ketones (excluding diaryl/α,β-unsaturated/α-hetero) is 1. The van der Waals surface area contributed by atoms with Crippen LogP contribution in [0.3, 0.4) is 0 Å². The number of aliphatic hydroxyl groups is 1. The Morgan fingerprint density at radius 1 is 1.03 bits per heavy atom. The predicted molar refractivity (Wildman–Crippen MR) is 114 cm³/mol. The molecule has 0 unspecified atom stereocenters. The molecule has 0 bridgehead atoms. The number of quaternary nitrogens is 1. The van der Waals surface area contributed by atoms with Crippen molar-refractivity contribution in [1.29, 1.82) is 0 Å². The molecule has 5 nitrogen and oxygen atoms in total. The maximum Gasteiger partial charge on any atom is 0.295 e. The number of hydrogen-bond donors (Lipinski definition) is 2. The lowest BCUT2D eigenvalue weighted by atomic mass is 9.95. The van der Waals surface area contributed by atoms with Crippen LogP contribution < -0.4 is 4.90 Å². The number of likely N-dealkylation sites (tertiary alicyclic amines) is 1. The van der Waals surface area contributed by atoms with E-state index < -0.39 is 23.5 Å². The van der Waals surface area contributed by atoms with E-state index >= 15 is 0 Å². The molecule has 1 fully saturated rings. The van der Waals surface area contributed by atoms with Crippen molar-refractivity contribution in [2.45, 2.75) is 26.8 Å². The highest BCUT2D eigenvalue weighted by atomic mass is 19.1. The number of aliphatic hydroxyl groups excluding tert-OH is 1. The topological polar surface area (TPSA) is 62.0 Å². The molecule has 1 aliphatic rings. The summed E-state index contributed by atoms with van der Waals surface area (Å²) in [6.07, 6.45) is 0. The Balaban J connectivity index is 2.08. The normalized spacial score (nSPS) is 18.4. The zero-order valence-electron chi connectivity index (χ0n) is 17.6. The summed E-state index contributed by atoms with van der Waals surface area (Å²) in [5.74, 6) is -1.95. The van der Waals surface area contributed by atoms with Crippen molar-refractivity contribution in [3.8, 4) is 0 Å². The van der Waals surface area contributed by atoms with Crippen molar-refractivity contribution < 1.29 is 24.0 Å². The lowest BCUT2D eigenvalue weighted by Gasteiger charge is -2.27. The third kappa shape index (κ3) is 4.28.